The van der Waals surface area contributed by atoms with Crippen LogP contribution < -0.4 is 5.32 Å². The van der Waals surface area contributed by atoms with Gasteiger partial charge in [0.1, 0.15) is 5.82 Å². The number of nitrogens with zero attached hydrogens (tertiary/aromatic N) is 3. The summed E-state index contributed by atoms with van der Waals surface area (Å²) < 4.78 is 0. The Morgan fingerprint density at radius 1 is 1.18 bits per heavy atom. The highest BCUT2D eigenvalue weighted by Gasteiger charge is 2.33. The van der Waals surface area contributed by atoms with Crippen LogP contribution in [0.25, 0.3) is 0 Å². The zero-order chi connectivity index (χ0) is 16.0. The highest BCUT2D eigenvalue weighted by molar-refractivity contribution is 5.93. The Balaban J connectivity index is 2.00. The van der Waals surface area contributed by atoms with E-state index in [0.717, 1.165) is 25.1 Å². The Morgan fingerprint density at radius 3 is 2.27 bits per heavy atom. The third-order valence-electron chi connectivity index (χ3n) is 4.84. The maximum Gasteiger partial charge on any atom is 0.254 e. The fourth-order valence-corrected chi connectivity index (χ4v) is 3.17. The second-order valence-corrected chi connectivity index (χ2v) is 6.46. The van der Waals surface area contributed by atoms with E-state index in [1.807, 2.05) is 6.92 Å². The molecule has 1 aliphatic carbocycles. The Bertz CT molecular complexity index is 476. The highest BCUT2D eigenvalue weighted by Crippen LogP contribution is 2.30. The average molecular weight is 304 g/mol. The summed E-state index contributed by atoms with van der Waals surface area (Å²) in [5.41, 5.74) is 0.621. The molecule has 0 atom stereocenters. The van der Waals surface area contributed by atoms with Crippen molar-refractivity contribution in [1.29, 1.82) is 0 Å². The average Bonchev–Trinajstić information content (AvgIpc) is 2.79. The number of amides is 1. The molecule has 1 aromatic rings. The number of carbonyl (C=O) groups is 1. The van der Waals surface area contributed by atoms with Gasteiger partial charge in [0.25, 0.3) is 5.91 Å². The summed E-state index contributed by atoms with van der Waals surface area (Å²) in [6, 6.07) is 0. The molecule has 0 unspecified atom stereocenters. The van der Waals surface area contributed by atoms with Crippen LogP contribution in [0.1, 0.15) is 61.6 Å². The van der Waals surface area contributed by atoms with Gasteiger partial charge >= 0.3 is 0 Å². The maximum atomic E-state index is 12.3. The number of rotatable bonds is 5. The lowest BCUT2D eigenvalue weighted by molar-refractivity contribution is 0.0868. The minimum Gasteiger partial charge on any atom is -0.350 e. The van der Waals surface area contributed by atoms with E-state index >= 15 is 0 Å². The van der Waals surface area contributed by atoms with E-state index in [4.69, 9.17) is 0 Å². The van der Waals surface area contributed by atoms with E-state index in [9.17, 15) is 4.79 Å². The smallest absolute Gasteiger partial charge is 0.254 e. The zero-order valence-corrected chi connectivity index (χ0v) is 14.1. The minimum absolute atomic E-state index is 0.0758. The van der Waals surface area contributed by atoms with Gasteiger partial charge in [-0.3, -0.25) is 4.79 Å². The molecular formula is C17H28N4O. The molecule has 1 saturated carbocycles. The van der Waals surface area contributed by atoms with Gasteiger partial charge in [-0.05, 0) is 26.9 Å². The van der Waals surface area contributed by atoms with E-state index in [-0.39, 0.29) is 11.4 Å². The summed E-state index contributed by atoms with van der Waals surface area (Å²) in [5.74, 6) is 0.693. The van der Waals surface area contributed by atoms with Gasteiger partial charge < -0.3 is 10.2 Å². The fraction of sp³-hybridized carbons (Fsp3) is 0.706. The predicted octanol–water partition coefficient (Wildman–Crippen LogP) is 2.42. The SMILES string of the molecule is CCc1ncc(C(=O)NCC2(N(C)C)CCCCCC2)cn1. The van der Waals surface area contributed by atoms with Crippen molar-refractivity contribution >= 4 is 5.91 Å². The molecule has 2 rings (SSSR count). The summed E-state index contributed by atoms with van der Waals surface area (Å²) in [5, 5.41) is 3.10. The van der Waals surface area contributed by atoms with Gasteiger partial charge in [0.15, 0.2) is 0 Å². The molecule has 1 amide bonds. The van der Waals surface area contributed by atoms with Gasteiger partial charge in [-0.2, -0.15) is 0 Å². The van der Waals surface area contributed by atoms with E-state index in [1.54, 1.807) is 12.4 Å². The van der Waals surface area contributed by atoms with Crippen LogP contribution in [-0.4, -0.2) is 47.0 Å². The maximum absolute atomic E-state index is 12.3. The van der Waals surface area contributed by atoms with Crippen LogP contribution in [0.4, 0.5) is 0 Å². The molecular weight excluding hydrogens is 276 g/mol. The molecule has 0 bridgehead atoms. The van der Waals surface area contributed by atoms with Crippen molar-refractivity contribution < 1.29 is 4.79 Å². The second-order valence-electron chi connectivity index (χ2n) is 6.46. The number of aryl methyl sites for hydroxylation is 1. The third-order valence-corrected chi connectivity index (χ3v) is 4.84. The monoisotopic (exact) mass is 304 g/mol. The molecule has 0 aliphatic heterocycles. The highest BCUT2D eigenvalue weighted by atomic mass is 16.1. The summed E-state index contributed by atoms with van der Waals surface area (Å²) in [6.07, 6.45) is 11.4. The second kappa shape index (κ2) is 7.68. The summed E-state index contributed by atoms with van der Waals surface area (Å²) >= 11 is 0. The minimum atomic E-state index is -0.0758. The van der Waals surface area contributed by atoms with Gasteiger partial charge in [0.2, 0.25) is 0 Å². The normalized spacial score (nSPS) is 18.0. The number of nitrogens with one attached hydrogen (secondary N) is 1. The van der Waals surface area contributed by atoms with E-state index < -0.39 is 0 Å². The zero-order valence-electron chi connectivity index (χ0n) is 14.1. The van der Waals surface area contributed by atoms with E-state index in [0.29, 0.717) is 12.1 Å². The number of aromatic nitrogens is 2. The molecule has 1 N–H and O–H groups in total. The Kier molecular flexibility index (Phi) is 5.89. The summed E-state index contributed by atoms with van der Waals surface area (Å²) in [7, 11) is 4.24. The van der Waals surface area contributed by atoms with Crippen molar-refractivity contribution in [3.63, 3.8) is 0 Å². The lowest BCUT2D eigenvalue weighted by Crippen LogP contribution is -2.52. The molecule has 1 fully saturated rings. The third kappa shape index (κ3) is 4.03. The molecule has 1 heterocycles. The predicted molar refractivity (Wildman–Crippen MR) is 87.9 cm³/mol. The Morgan fingerprint density at radius 2 is 1.77 bits per heavy atom. The van der Waals surface area contributed by atoms with Crippen LogP contribution in [0.2, 0.25) is 0 Å². The van der Waals surface area contributed by atoms with Crippen LogP contribution in [0.15, 0.2) is 12.4 Å². The molecule has 0 spiro atoms. The molecule has 0 aromatic carbocycles. The van der Waals surface area contributed by atoms with Gasteiger partial charge in [-0.25, -0.2) is 9.97 Å². The lowest BCUT2D eigenvalue weighted by Gasteiger charge is -2.39. The van der Waals surface area contributed by atoms with Crippen LogP contribution in [-0.2, 0) is 6.42 Å². The van der Waals surface area contributed by atoms with Gasteiger partial charge in [0.05, 0.1) is 5.56 Å². The van der Waals surface area contributed by atoms with Crippen LogP contribution in [0.5, 0.6) is 0 Å². The number of hydrogen-bond donors (Lipinski definition) is 1. The first-order valence-corrected chi connectivity index (χ1v) is 8.34. The molecule has 122 valence electrons. The van der Waals surface area contributed by atoms with Gasteiger partial charge in [-0.15, -0.1) is 0 Å². The molecule has 22 heavy (non-hydrogen) atoms. The van der Waals surface area contributed by atoms with Crippen molar-refractivity contribution in [2.75, 3.05) is 20.6 Å². The van der Waals surface area contributed by atoms with Gasteiger partial charge in [0, 0.05) is 30.9 Å². The molecule has 1 aromatic heterocycles. The van der Waals surface area contributed by atoms with Crippen molar-refractivity contribution in [3.05, 3.63) is 23.8 Å². The molecule has 5 nitrogen and oxygen atoms in total. The van der Waals surface area contributed by atoms with Crippen molar-refractivity contribution in [3.8, 4) is 0 Å². The number of hydrogen-bond acceptors (Lipinski definition) is 4. The van der Waals surface area contributed by atoms with Crippen molar-refractivity contribution in [2.45, 2.75) is 57.4 Å². The first kappa shape index (κ1) is 16.9. The fourth-order valence-electron chi connectivity index (χ4n) is 3.17. The van der Waals surface area contributed by atoms with Gasteiger partial charge in [-0.1, -0.05) is 32.6 Å². The quantitative estimate of drug-likeness (QED) is 0.849. The lowest BCUT2D eigenvalue weighted by atomic mass is 9.88. The standard InChI is InChI=1S/C17H28N4O/c1-4-15-18-11-14(12-19-15)16(22)20-13-17(21(2)3)9-7-5-6-8-10-17/h11-12H,4-10,13H2,1-3H3,(H,20,22). The topological polar surface area (TPSA) is 58.1 Å². The van der Waals surface area contributed by atoms with Crippen LogP contribution in [0.3, 0.4) is 0 Å². The number of likely N-dealkylation sites (N-methyl/N-ethyl adjacent to an activating group) is 1. The summed E-state index contributed by atoms with van der Waals surface area (Å²) in [6.45, 7) is 2.69. The van der Waals surface area contributed by atoms with Crippen molar-refractivity contribution in [1.82, 2.24) is 20.2 Å². The first-order chi connectivity index (χ1) is 10.6. The van der Waals surface area contributed by atoms with Crippen molar-refractivity contribution in [2.24, 2.45) is 0 Å². The molecule has 0 radical (unpaired) electrons. The van der Waals surface area contributed by atoms with E-state index in [2.05, 4.69) is 34.3 Å². The van der Waals surface area contributed by atoms with E-state index in [1.165, 1.54) is 25.7 Å². The largest absolute Gasteiger partial charge is 0.350 e. The molecule has 5 heteroatoms. The summed E-state index contributed by atoms with van der Waals surface area (Å²) in [4.78, 5) is 23.0. The molecule has 0 saturated heterocycles. The van der Waals surface area contributed by atoms with Crippen LogP contribution in [0, 0.1) is 0 Å². The number of carbonyl (C=O) groups excluding carboxylic acids is 1. The molecule has 1 aliphatic rings. The Labute approximate surface area is 133 Å². The first-order valence-electron chi connectivity index (χ1n) is 8.34. The Hall–Kier alpha value is -1.49. The van der Waals surface area contributed by atoms with Crippen LogP contribution >= 0.6 is 0 Å².